The van der Waals surface area contributed by atoms with Crippen molar-refractivity contribution in [2.75, 3.05) is 16.8 Å². The van der Waals surface area contributed by atoms with Crippen LogP contribution in [0.3, 0.4) is 0 Å². The molecule has 158 valence electrons. The van der Waals surface area contributed by atoms with Gasteiger partial charge in [0.2, 0.25) is 17.7 Å². The van der Waals surface area contributed by atoms with Crippen LogP contribution in [0, 0.1) is 11.8 Å². The lowest BCUT2D eigenvalue weighted by Crippen LogP contribution is -2.54. The summed E-state index contributed by atoms with van der Waals surface area (Å²) in [6, 6.07) is 13.2. The van der Waals surface area contributed by atoms with Crippen LogP contribution in [0.1, 0.15) is 30.9 Å². The number of hydrogen-bond donors (Lipinski definition) is 1. The first-order valence-corrected chi connectivity index (χ1v) is 11.6. The summed E-state index contributed by atoms with van der Waals surface area (Å²) in [4.78, 5) is 44.7. The molecule has 4 atom stereocenters. The minimum atomic E-state index is -1.11. The SMILES string of the molecule is CCc1ccc2c(c1)[C@]1(C(=O)N2)[C@@H]2C(=O)N(c3cccc(Br)c3)C(=O)[C@@H]2[C@@H]2CCCN21. The zero-order chi connectivity index (χ0) is 21.5. The standard InChI is InChI=1S/C24H22BrN3O3/c1-2-13-8-9-17-16(11-13)24(23(31)26-17)20-19(18-7-4-10-27(18)24)21(29)28(22(20)30)15-6-3-5-14(25)12-15/h3,5-6,8-9,11-12,18-20H,2,4,7,10H2,1H3,(H,26,31)/t18-,19+,20-,24+/m0/s1. The van der Waals surface area contributed by atoms with E-state index in [1.807, 2.05) is 24.3 Å². The number of nitrogens with one attached hydrogen (secondary N) is 1. The van der Waals surface area contributed by atoms with Crippen LogP contribution in [0.2, 0.25) is 0 Å². The minimum Gasteiger partial charge on any atom is -0.324 e. The van der Waals surface area contributed by atoms with E-state index in [1.165, 1.54) is 4.90 Å². The number of halogens is 1. The van der Waals surface area contributed by atoms with Gasteiger partial charge >= 0.3 is 0 Å². The molecule has 4 heterocycles. The lowest BCUT2D eigenvalue weighted by molar-refractivity contribution is -0.135. The van der Waals surface area contributed by atoms with Crippen molar-refractivity contribution in [3.8, 4) is 0 Å². The van der Waals surface area contributed by atoms with Gasteiger partial charge in [0.25, 0.3) is 0 Å². The summed E-state index contributed by atoms with van der Waals surface area (Å²) in [5.41, 5.74) is 2.18. The number of amides is 3. The highest BCUT2D eigenvalue weighted by Gasteiger charge is 2.74. The fraction of sp³-hybridized carbons (Fsp3) is 0.375. The number of rotatable bonds is 2. The van der Waals surface area contributed by atoms with Crippen LogP contribution in [0.25, 0.3) is 0 Å². The van der Waals surface area contributed by atoms with Gasteiger partial charge in [-0.25, -0.2) is 4.90 Å². The Balaban J connectivity index is 1.56. The van der Waals surface area contributed by atoms with Crippen LogP contribution >= 0.6 is 15.9 Å². The molecule has 31 heavy (non-hydrogen) atoms. The van der Waals surface area contributed by atoms with Gasteiger partial charge in [0.05, 0.1) is 17.5 Å². The Morgan fingerprint density at radius 2 is 1.97 bits per heavy atom. The van der Waals surface area contributed by atoms with Crippen LogP contribution in [-0.4, -0.2) is 35.2 Å². The van der Waals surface area contributed by atoms with Crippen molar-refractivity contribution in [2.24, 2.45) is 11.8 Å². The van der Waals surface area contributed by atoms with Crippen molar-refractivity contribution in [1.29, 1.82) is 0 Å². The molecule has 4 aliphatic heterocycles. The average molecular weight is 480 g/mol. The maximum atomic E-state index is 13.9. The molecule has 3 saturated heterocycles. The Labute approximate surface area is 188 Å². The Hall–Kier alpha value is -2.51. The first-order valence-electron chi connectivity index (χ1n) is 10.8. The summed E-state index contributed by atoms with van der Waals surface area (Å²) in [6.07, 6.45) is 2.58. The third-order valence-electron chi connectivity index (χ3n) is 7.53. The molecule has 3 amide bonds. The van der Waals surface area contributed by atoms with E-state index in [9.17, 15) is 14.4 Å². The second-order valence-corrected chi connectivity index (χ2v) is 9.77. The van der Waals surface area contributed by atoms with E-state index in [0.717, 1.165) is 47.1 Å². The Morgan fingerprint density at radius 1 is 1.13 bits per heavy atom. The van der Waals surface area contributed by atoms with Gasteiger partial charge in [0, 0.05) is 21.8 Å². The van der Waals surface area contributed by atoms with Crippen molar-refractivity contribution in [3.05, 3.63) is 58.1 Å². The molecule has 2 aromatic rings. The molecule has 7 heteroatoms. The van der Waals surface area contributed by atoms with Crippen LogP contribution in [0.4, 0.5) is 11.4 Å². The molecule has 0 radical (unpaired) electrons. The van der Waals surface area contributed by atoms with Crippen LogP contribution in [0.5, 0.6) is 0 Å². The molecule has 1 N–H and O–H groups in total. The molecule has 6 rings (SSSR count). The molecule has 0 saturated carbocycles. The average Bonchev–Trinajstić information content (AvgIpc) is 3.46. The van der Waals surface area contributed by atoms with Crippen molar-refractivity contribution < 1.29 is 14.4 Å². The number of nitrogens with zero attached hydrogens (tertiary/aromatic N) is 2. The van der Waals surface area contributed by atoms with Gasteiger partial charge in [0.1, 0.15) is 5.54 Å². The third-order valence-corrected chi connectivity index (χ3v) is 8.02. The summed E-state index contributed by atoms with van der Waals surface area (Å²) in [5, 5.41) is 3.04. The van der Waals surface area contributed by atoms with Gasteiger partial charge in [-0.2, -0.15) is 0 Å². The highest BCUT2D eigenvalue weighted by molar-refractivity contribution is 9.10. The highest BCUT2D eigenvalue weighted by atomic mass is 79.9. The molecule has 3 fully saturated rings. The third kappa shape index (κ3) is 2.28. The molecule has 6 nitrogen and oxygen atoms in total. The zero-order valence-electron chi connectivity index (χ0n) is 17.1. The number of benzene rings is 2. The Morgan fingerprint density at radius 3 is 2.74 bits per heavy atom. The van der Waals surface area contributed by atoms with E-state index in [1.54, 1.807) is 12.1 Å². The van der Waals surface area contributed by atoms with Gasteiger partial charge in [0.15, 0.2) is 0 Å². The Bertz CT molecular complexity index is 1160. The molecule has 0 unspecified atom stereocenters. The fourth-order valence-corrected chi connectivity index (χ4v) is 6.73. The van der Waals surface area contributed by atoms with Gasteiger partial charge in [-0.3, -0.25) is 19.3 Å². The summed E-state index contributed by atoms with van der Waals surface area (Å²) in [7, 11) is 0. The number of aryl methyl sites for hydroxylation is 1. The number of anilines is 2. The molecular formula is C24H22BrN3O3. The summed E-state index contributed by atoms with van der Waals surface area (Å²) in [6.45, 7) is 2.80. The molecule has 0 aromatic heterocycles. The van der Waals surface area contributed by atoms with E-state index in [0.29, 0.717) is 5.69 Å². The molecule has 0 bridgehead atoms. The summed E-state index contributed by atoms with van der Waals surface area (Å²) >= 11 is 3.44. The van der Waals surface area contributed by atoms with Crippen LogP contribution in [0.15, 0.2) is 46.9 Å². The quantitative estimate of drug-likeness (QED) is 0.669. The lowest BCUT2D eigenvalue weighted by Gasteiger charge is -2.36. The van der Waals surface area contributed by atoms with Gasteiger partial charge < -0.3 is 5.32 Å². The molecule has 4 aliphatic rings. The van der Waals surface area contributed by atoms with Crippen molar-refractivity contribution in [3.63, 3.8) is 0 Å². The monoisotopic (exact) mass is 479 g/mol. The van der Waals surface area contributed by atoms with Crippen molar-refractivity contribution in [2.45, 2.75) is 37.8 Å². The maximum absolute atomic E-state index is 13.9. The number of imide groups is 1. The van der Waals surface area contributed by atoms with E-state index in [4.69, 9.17) is 0 Å². The molecule has 2 aromatic carbocycles. The van der Waals surface area contributed by atoms with E-state index < -0.39 is 17.4 Å². The first-order chi connectivity index (χ1) is 15.0. The smallest absolute Gasteiger partial charge is 0.250 e. The van der Waals surface area contributed by atoms with Gasteiger partial charge in [-0.1, -0.05) is 41.1 Å². The highest BCUT2D eigenvalue weighted by Crippen LogP contribution is 2.60. The predicted octanol–water partition coefficient (Wildman–Crippen LogP) is 3.44. The fourth-order valence-electron chi connectivity index (χ4n) is 6.34. The largest absolute Gasteiger partial charge is 0.324 e. The van der Waals surface area contributed by atoms with Gasteiger partial charge in [-0.05, 0) is 55.6 Å². The molecule has 1 spiro atoms. The van der Waals surface area contributed by atoms with Gasteiger partial charge in [-0.15, -0.1) is 0 Å². The Kier molecular flexibility index (Phi) is 4.02. The molecule has 0 aliphatic carbocycles. The normalized spacial score (nSPS) is 31.4. The van der Waals surface area contributed by atoms with E-state index in [2.05, 4.69) is 39.1 Å². The van der Waals surface area contributed by atoms with Crippen molar-refractivity contribution >= 4 is 45.0 Å². The number of carbonyl (C=O) groups excluding carboxylic acids is 3. The van der Waals surface area contributed by atoms with E-state index >= 15 is 0 Å². The number of hydrogen-bond acceptors (Lipinski definition) is 4. The predicted molar refractivity (Wildman–Crippen MR) is 119 cm³/mol. The minimum absolute atomic E-state index is 0.0967. The number of fused-ring (bicyclic) bond motifs is 7. The van der Waals surface area contributed by atoms with Crippen LogP contribution < -0.4 is 10.2 Å². The zero-order valence-corrected chi connectivity index (χ0v) is 18.7. The summed E-state index contributed by atoms with van der Waals surface area (Å²) < 4.78 is 0.802. The molecular weight excluding hydrogens is 458 g/mol. The second-order valence-electron chi connectivity index (χ2n) is 8.85. The van der Waals surface area contributed by atoms with Crippen molar-refractivity contribution in [1.82, 2.24) is 4.90 Å². The lowest BCUT2D eigenvalue weighted by atomic mass is 9.75. The summed E-state index contributed by atoms with van der Waals surface area (Å²) in [5.74, 6) is -1.84. The first kappa shape index (κ1) is 19.2. The maximum Gasteiger partial charge on any atom is 0.250 e. The second kappa shape index (κ2) is 6.50. The van der Waals surface area contributed by atoms with E-state index in [-0.39, 0.29) is 23.8 Å². The number of carbonyl (C=O) groups is 3. The topological polar surface area (TPSA) is 69.7 Å². The van der Waals surface area contributed by atoms with Crippen LogP contribution in [-0.2, 0) is 26.3 Å².